The zero-order valence-corrected chi connectivity index (χ0v) is 22.5. The largest absolute Gasteiger partial charge is 0.444 e. The molecule has 0 atom stereocenters. The predicted molar refractivity (Wildman–Crippen MR) is 142 cm³/mol. The van der Waals surface area contributed by atoms with Crippen LogP contribution < -0.4 is 10.3 Å². The lowest BCUT2D eigenvalue weighted by Crippen LogP contribution is -2.62. The van der Waals surface area contributed by atoms with Crippen molar-refractivity contribution in [2.75, 3.05) is 13.1 Å². The van der Waals surface area contributed by atoms with Crippen LogP contribution in [0.15, 0.2) is 59.7 Å². The van der Waals surface area contributed by atoms with Crippen molar-refractivity contribution in [3.8, 4) is 16.9 Å². The van der Waals surface area contributed by atoms with Gasteiger partial charge in [-0.15, -0.1) is 0 Å². The third-order valence-electron chi connectivity index (χ3n) is 6.63. The SMILES string of the molecule is Cn1c(=O)c2ccc(-c3cnc(C4(O)CN(C(=O)OC(C)(C)C)C4)nc3)cc2n1Cc1ccccc1OC(F)F. The molecule has 1 saturated heterocycles. The van der Waals surface area contributed by atoms with E-state index in [-0.39, 0.29) is 36.8 Å². The highest BCUT2D eigenvalue weighted by atomic mass is 19.3. The molecule has 2 aromatic carbocycles. The molecule has 0 unspecified atom stereocenters. The second-order valence-electron chi connectivity index (χ2n) is 10.8. The Morgan fingerprint density at radius 2 is 1.77 bits per heavy atom. The number of benzene rings is 2. The Bertz CT molecular complexity index is 1620. The molecule has 1 aliphatic rings. The Morgan fingerprint density at radius 1 is 1.10 bits per heavy atom. The fourth-order valence-corrected chi connectivity index (χ4v) is 4.65. The number of nitrogens with zero attached hydrogens (tertiary/aromatic N) is 5. The number of carbonyl (C=O) groups is 1. The molecule has 5 rings (SSSR count). The van der Waals surface area contributed by atoms with Crippen molar-refractivity contribution in [1.29, 1.82) is 0 Å². The van der Waals surface area contributed by atoms with Crippen LogP contribution in [0, 0.1) is 0 Å². The molecule has 0 aliphatic carbocycles. The lowest BCUT2D eigenvalue weighted by atomic mass is 9.93. The van der Waals surface area contributed by atoms with Crippen molar-refractivity contribution in [1.82, 2.24) is 24.2 Å². The van der Waals surface area contributed by atoms with Crippen LogP contribution in [0.1, 0.15) is 32.2 Å². The minimum atomic E-state index is -2.97. The molecule has 210 valence electrons. The number of alkyl halides is 2. The molecule has 40 heavy (non-hydrogen) atoms. The van der Waals surface area contributed by atoms with Gasteiger partial charge in [-0.1, -0.05) is 24.3 Å². The van der Waals surface area contributed by atoms with Gasteiger partial charge >= 0.3 is 12.7 Å². The Hall–Kier alpha value is -4.32. The number of hydrogen-bond donors (Lipinski definition) is 1. The number of fused-ring (bicyclic) bond motifs is 1. The van der Waals surface area contributed by atoms with Gasteiger partial charge in [-0.3, -0.25) is 14.2 Å². The van der Waals surface area contributed by atoms with E-state index in [0.29, 0.717) is 27.6 Å². The van der Waals surface area contributed by atoms with Gasteiger partial charge in [-0.2, -0.15) is 8.78 Å². The Morgan fingerprint density at radius 3 is 2.42 bits per heavy atom. The molecule has 10 nitrogen and oxygen atoms in total. The van der Waals surface area contributed by atoms with Crippen molar-refractivity contribution >= 4 is 17.0 Å². The summed E-state index contributed by atoms with van der Waals surface area (Å²) < 4.78 is 39.0. The first-order chi connectivity index (χ1) is 18.8. The van der Waals surface area contributed by atoms with Crippen LogP contribution in [0.3, 0.4) is 0 Å². The van der Waals surface area contributed by atoms with Gasteiger partial charge in [0.25, 0.3) is 5.56 Å². The summed E-state index contributed by atoms with van der Waals surface area (Å²) in [5, 5.41) is 11.4. The van der Waals surface area contributed by atoms with Crippen molar-refractivity contribution < 1.29 is 28.2 Å². The number of halogens is 2. The number of para-hydroxylation sites is 1. The van der Waals surface area contributed by atoms with Crippen LogP contribution in [0.4, 0.5) is 13.6 Å². The molecule has 4 aromatic rings. The van der Waals surface area contributed by atoms with Crippen molar-refractivity contribution in [2.24, 2.45) is 7.05 Å². The van der Waals surface area contributed by atoms with Crippen molar-refractivity contribution in [2.45, 2.75) is 45.1 Å². The van der Waals surface area contributed by atoms with E-state index >= 15 is 0 Å². The third-order valence-corrected chi connectivity index (χ3v) is 6.63. The summed E-state index contributed by atoms with van der Waals surface area (Å²) >= 11 is 0. The van der Waals surface area contributed by atoms with Gasteiger partial charge in [0, 0.05) is 30.6 Å². The zero-order chi connectivity index (χ0) is 28.8. The first-order valence-corrected chi connectivity index (χ1v) is 12.6. The van der Waals surface area contributed by atoms with Gasteiger partial charge in [0.15, 0.2) is 11.4 Å². The lowest BCUT2D eigenvalue weighted by Gasteiger charge is -2.45. The number of amides is 1. The first-order valence-electron chi connectivity index (χ1n) is 12.6. The molecular weight excluding hydrogens is 524 g/mol. The fraction of sp³-hybridized carbons (Fsp3) is 0.357. The van der Waals surface area contributed by atoms with E-state index < -0.39 is 23.9 Å². The van der Waals surface area contributed by atoms with Gasteiger partial charge < -0.3 is 19.5 Å². The summed E-state index contributed by atoms with van der Waals surface area (Å²) in [6.07, 6.45) is 2.61. The number of aromatic nitrogens is 4. The second-order valence-corrected chi connectivity index (χ2v) is 10.8. The standard InChI is InChI=1S/C28H29F2N5O5/c1-27(2,3)40-26(37)34-15-28(38,16-34)24-31-12-19(13-32-24)17-9-10-20-21(11-17)35(33(4)23(20)36)14-18-7-5-6-8-22(18)39-25(29)30/h5-13,25,38H,14-16H2,1-4H3. The molecular formula is C28H29F2N5O5. The van der Waals surface area contributed by atoms with Crippen LogP contribution in [0.2, 0.25) is 0 Å². The molecule has 1 N–H and O–H groups in total. The number of carbonyl (C=O) groups excluding carboxylic acids is 1. The summed E-state index contributed by atoms with van der Waals surface area (Å²) in [4.78, 5) is 35.2. The smallest absolute Gasteiger partial charge is 0.410 e. The molecule has 0 spiro atoms. The Kier molecular flexibility index (Phi) is 6.82. The van der Waals surface area contributed by atoms with Crippen LogP contribution in [0.25, 0.3) is 22.0 Å². The van der Waals surface area contributed by atoms with E-state index in [2.05, 4.69) is 14.7 Å². The number of β-amino-alcohol motifs (C(OH)–C–C–N with tert-alkyl or cyclic N) is 1. The number of ether oxygens (including phenoxy) is 2. The molecule has 0 bridgehead atoms. The van der Waals surface area contributed by atoms with Crippen molar-refractivity contribution in [3.63, 3.8) is 0 Å². The van der Waals surface area contributed by atoms with Gasteiger partial charge in [0.05, 0.1) is 30.5 Å². The molecule has 2 aromatic heterocycles. The summed E-state index contributed by atoms with van der Waals surface area (Å²) in [5.41, 5.74) is 0.175. The van der Waals surface area contributed by atoms with Gasteiger partial charge in [-0.05, 0) is 44.5 Å². The molecule has 1 aliphatic heterocycles. The molecule has 12 heteroatoms. The molecule has 1 amide bonds. The van der Waals surface area contributed by atoms with E-state index in [4.69, 9.17) is 4.74 Å². The predicted octanol–water partition coefficient (Wildman–Crippen LogP) is 3.89. The maximum atomic E-state index is 12.9. The monoisotopic (exact) mass is 553 g/mol. The Labute approximate surface area is 228 Å². The fourth-order valence-electron chi connectivity index (χ4n) is 4.65. The minimum Gasteiger partial charge on any atom is -0.444 e. The topological polar surface area (TPSA) is 112 Å². The number of hydrogen-bond acceptors (Lipinski definition) is 7. The average molecular weight is 554 g/mol. The summed E-state index contributed by atoms with van der Waals surface area (Å²) in [7, 11) is 1.61. The van der Waals surface area contributed by atoms with E-state index in [1.807, 2.05) is 0 Å². The first kappa shape index (κ1) is 27.3. The van der Waals surface area contributed by atoms with Crippen LogP contribution >= 0.6 is 0 Å². The lowest BCUT2D eigenvalue weighted by molar-refractivity contribution is -0.108. The summed E-state index contributed by atoms with van der Waals surface area (Å²) in [6, 6.07) is 11.7. The maximum absolute atomic E-state index is 12.9. The average Bonchev–Trinajstić information content (AvgIpc) is 3.11. The second kappa shape index (κ2) is 10.0. The van der Waals surface area contributed by atoms with E-state index in [1.54, 1.807) is 81.3 Å². The highest BCUT2D eigenvalue weighted by Crippen LogP contribution is 2.32. The van der Waals surface area contributed by atoms with Gasteiger partial charge in [0.2, 0.25) is 0 Å². The number of likely N-dealkylation sites (tertiary alicyclic amines) is 1. The molecule has 0 radical (unpaired) electrons. The van der Waals surface area contributed by atoms with E-state index in [1.165, 1.54) is 15.6 Å². The van der Waals surface area contributed by atoms with Gasteiger partial charge in [-0.25, -0.2) is 14.8 Å². The minimum absolute atomic E-state index is 0.0141. The normalized spacial score (nSPS) is 14.8. The molecule has 3 heterocycles. The number of rotatable bonds is 6. The van der Waals surface area contributed by atoms with Gasteiger partial charge in [0.1, 0.15) is 11.4 Å². The molecule has 0 saturated carbocycles. The number of aliphatic hydroxyl groups is 1. The summed E-state index contributed by atoms with van der Waals surface area (Å²) in [6.45, 7) is 2.49. The zero-order valence-electron chi connectivity index (χ0n) is 22.5. The quantitative estimate of drug-likeness (QED) is 0.386. The molecule has 1 fully saturated rings. The third kappa shape index (κ3) is 5.26. The van der Waals surface area contributed by atoms with Crippen LogP contribution in [-0.2, 0) is 23.9 Å². The van der Waals surface area contributed by atoms with Crippen molar-refractivity contribution in [3.05, 3.63) is 76.6 Å². The highest BCUT2D eigenvalue weighted by molar-refractivity contribution is 5.84. The summed E-state index contributed by atoms with van der Waals surface area (Å²) in [5.74, 6) is 0.218. The Balaban J connectivity index is 1.40. The highest BCUT2D eigenvalue weighted by Gasteiger charge is 2.48. The van der Waals surface area contributed by atoms with Crippen LogP contribution in [-0.4, -0.2) is 60.7 Å². The van der Waals surface area contributed by atoms with E-state index in [0.717, 1.165) is 0 Å². The van der Waals surface area contributed by atoms with E-state index in [9.17, 15) is 23.5 Å². The maximum Gasteiger partial charge on any atom is 0.410 e. The van der Waals surface area contributed by atoms with Crippen LogP contribution in [0.5, 0.6) is 5.75 Å².